The number of amides is 3. The van der Waals surface area contributed by atoms with Gasteiger partial charge >= 0.3 is 6.03 Å². The van der Waals surface area contributed by atoms with Gasteiger partial charge in [-0.05, 0) is 18.7 Å². The summed E-state index contributed by atoms with van der Waals surface area (Å²) in [5, 5.41) is 4.80. The Balaban J connectivity index is 2.34. The molecule has 1 aromatic rings. The minimum atomic E-state index is -0.508. The van der Waals surface area contributed by atoms with Crippen LogP contribution in [-0.2, 0) is 16.1 Å². The van der Waals surface area contributed by atoms with Crippen molar-refractivity contribution >= 4 is 27.9 Å². The number of halogens is 1. The van der Waals surface area contributed by atoms with Crippen molar-refractivity contribution in [2.24, 2.45) is 0 Å². The molecule has 0 atom stereocenters. The molecule has 0 saturated heterocycles. The third-order valence-electron chi connectivity index (χ3n) is 2.66. The van der Waals surface area contributed by atoms with E-state index in [1.807, 2.05) is 36.2 Å². The number of imide groups is 1. The quantitative estimate of drug-likeness (QED) is 0.722. The molecule has 7 heteroatoms. The molecule has 0 aliphatic carbocycles. The lowest BCUT2D eigenvalue weighted by Gasteiger charge is -2.17. The first-order valence-electron chi connectivity index (χ1n) is 6.51. The number of likely N-dealkylation sites (N-methyl/N-ethyl adjacent to an activating group) is 1. The van der Waals surface area contributed by atoms with E-state index >= 15 is 0 Å². The van der Waals surface area contributed by atoms with Gasteiger partial charge in [-0.1, -0.05) is 34.1 Å². The summed E-state index contributed by atoms with van der Waals surface area (Å²) in [6, 6.07) is 7.30. The molecule has 3 amide bonds. The zero-order valence-electron chi connectivity index (χ0n) is 12.2. The van der Waals surface area contributed by atoms with Gasteiger partial charge in [0.15, 0.2) is 0 Å². The summed E-state index contributed by atoms with van der Waals surface area (Å²) < 4.78 is 5.79. The molecule has 0 aromatic heterocycles. The fourth-order valence-corrected chi connectivity index (χ4v) is 2.11. The lowest BCUT2D eigenvalue weighted by Crippen LogP contribution is -2.44. The SMILES string of the molecule is COCCNC(=O)NC(=O)CN(C)Cc1ccccc1Br. The predicted molar refractivity (Wildman–Crippen MR) is 83.9 cm³/mol. The second kappa shape index (κ2) is 9.49. The molecule has 1 aromatic carbocycles. The van der Waals surface area contributed by atoms with E-state index in [1.54, 1.807) is 7.11 Å². The van der Waals surface area contributed by atoms with Gasteiger partial charge < -0.3 is 10.1 Å². The lowest BCUT2D eigenvalue weighted by molar-refractivity contribution is -0.120. The highest BCUT2D eigenvalue weighted by Crippen LogP contribution is 2.16. The van der Waals surface area contributed by atoms with E-state index in [4.69, 9.17) is 4.74 Å². The molecule has 0 heterocycles. The summed E-state index contributed by atoms with van der Waals surface area (Å²) >= 11 is 3.46. The molecule has 6 nitrogen and oxygen atoms in total. The summed E-state index contributed by atoms with van der Waals surface area (Å²) in [6.45, 7) is 1.52. The average molecular weight is 358 g/mol. The van der Waals surface area contributed by atoms with Crippen molar-refractivity contribution < 1.29 is 14.3 Å². The zero-order valence-corrected chi connectivity index (χ0v) is 13.8. The van der Waals surface area contributed by atoms with E-state index < -0.39 is 6.03 Å². The normalized spacial score (nSPS) is 10.5. The third kappa shape index (κ3) is 7.22. The summed E-state index contributed by atoms with van der Waals surface area (Å²) in [5.41, 5.74) is 1.08. The summed E-state index contributed by atoms with van der Waals surface area (Å²) in [4.78, 5) is 24.9. The molecule has 0 spiro atoms. The number of nitrogens with zero attached hydrogens (tertiary/aromatic N) is 1. The van der Waals surface area contributed by atoms with Crippen molar-refractivity contribution in [3.05, 3.63) is 34.3 Å². The average Bonchev–Trinajstić information content (AvgIpc) is 2.41. The molecule has 0 aliphatic rings. The Morgan fingerprint density at radius 2 is 2.05 bits per heavy atom. The largest absolute Gasteiger partial charge is 0.383 e. The highest BCUT2D eigenvalue weighted by molar-refractivity contribution is 9.10. The Morgan fingerprint density at radius 3 is 2.71 bits per heavy atom. The number of hydrogen-bond acceptors (Lipinski definition) is 4. The van der Waals surface area contributed by atoms with E-state index in [9.17, 15) is 9.59 Å². The van der Waals surface area contributed by atoms with E-state index in [0.717, 1.165) is 10.0 Å². The Morgan fingerprint density at radius 1 is 1.33 bits per heavy atom. The van der Waals surface area contributed by atoms with Crippen LogP contribution in [-0.4, -0.2) is 50.7 Å². The first-order valence-corrected chi connectivity index (χ1v) is 7.30. The minimum Gasteiger partial charge on any atom is -0.383 e. The molecule has 0 radical (unpaired) electrons. The fourth-order valence-electron chi connectivity index (χ4n) is 1.70. The molecule has 1 rings (SSSR count). The molecule has 0 unspecified atom stereocenters. The van der Waals surface area contributed by atoms with Gasteiger partial charge in [0.25, 0.3) is 0 Å². The van der Waals surface area contributed by atoms with Crippen molar-refractivity contribution in [2.45, 2.75) is 6.54 Å². The maximum absolute atomic E-state index is 11.7. The molecule has 21 heavy (non-hydrogen) atoms. The molecular formula is C14H20BrN3O3. The lowest BCUT2D eigenvalue weighted by atomic mass is 10.2. The molecule has 116 valence electrons. The van der Waals surface area contributed by atoms with Gasteiger partial charge in [0, 0.05) is 24.7 Å². The van der Waals surface area contributed by atoms with E-state index in [2.05, 4.69) is 26.6 Å². The van der Waals surface area contributed by atoms with Gasteiger partial charge in [-0.2, -0.15) is 0 Å². The third-order valence-corrected chi connectivity index (χ3v) is 3.43. The van der Waals surface area contributed by atoms with Crippen LogP contribution >= 0.6 is 15.9 Å². The first-order chi connectivity index (χ1) is 10.0. The number of ether oxygens (including phenoxy) is 1. The van der Waals surface area contributed by atoms with Crippen molar-refractivity contribution in [1.29, 1.82) is 0 Å². The standard InChI is InChI=1S/C14H20BrN3O3/c1-18(9-11-5-3-4-6-12(11)15)10-13(19)17-14(20)16-7-8-21-2/h3-6H,7-10H2,1-2H3,(H2,16,17,19,20). The van der Waals surface area contributed by atoms with Crippen LogP contribution in [0, 0.1) is 0 Å². The summed E-state index contributed by atoms with van der Waals surface area (Å²) in [6.07, 6.45) is 0. The topological polar surface area (TPSA) is 70.7 Å². The van der Waals surface area contributed by atoms with Crippen LogP contribution in [0.3, 0.4) is 0 Å². The van der Waals surface area contributed by atoms with Gasteiger partial charge in [0.05, 0.1) is 13.2 Å². The van der Waals surface area contributed by atoms with Gasteiger partial charge in [0.2, 0.25) is 5.91 Å². The second-order valence-corrected chi connectivity index (χ2v) is 5.41. The van der Waals surface area contributed by atoms with Crippen LogP contribution in [0.5, 0.6) is 0 Å². The number of rotatable bonds is 7. The highest BCUT2D eigenvalue weighted by Gasteiger charge is 2.11. The Bertz CT molecular complexity index is 482. The van der Waals surface area contributed by atoms with Crippen molar-refractivity contribution in [3.63, 3.8) is 0 Å². The summed E-state index contributed by atoms with van der Waals surface area (Å²) in [7, 11) is 3.36. The number of carbonyl (C=O) groups excluding carboxylic acids is 2. The Hall–Kier alpha value is -1.44. The van der Waals surface area contributed by atoms with Crippen LogP contribution < -0.4 is 10.6 Å². The molecule has 0 bridgehead atoms. The predicted octanol–water partition coefficient (Wildman–Crippen LogP) is 1.35. The maximum Gasteiger partial charge on any atom is 0.321 e. The second-order valence-electron chi connectivity index (χ2n) is 4.56. The number of methoxy groups -OCH3 is 1. The summed E-state index contributed by atoms with van der Waals surface area (Å²) in [5.74, 6) is -0.348. The molecule has 0 saturated carbocycles. The number of benzene rings is 1. The van der Waals surface area contributed by atoms with E-state index in [0.29, 0.717) is 19.7 Å². The number of hydrogen-bond donors (Lipinski definition) is 2. The Kier molecular flexibility index (Phi) is 7.96. The molecule has 2 N–H and O–H groups in total. The number of urea groups is 1. The van der Waals surface area contributed by atoms with Crippen molar-refractivity contribution in [3.8, 4) is 0 Å². The maximum atomic E-state index is 11.7. The van der Waals surface area contributed by atoms with E-state index in [1.165, 1.54) is 0 Å². The van der Waals surface area contributed by atoms with Gasteiger partial charge in [0.1, 0.15) is 0 Å². The van der Waals surface area contributed by atoms with Crippen LogP contribution in [0.4, 0.5) is 4.79 Å². The highest BCUT2D eigenvalue weighted by atomic mass is 79.9. The van der Waals surface area contributed by atoms with Crippen LogP contribution in [0.1, 0.15) is 5.56 Å². The monoisotopic (exact) mass is 357 g/mol. The van der Waals surface area contributed by atoms with Crippen molar-refractivity contribution in [1.82, 2.24) is 15.5 Å². The van der Waals surface area contributed by atoms with Crippen LogP contribution in [0.2, 0.25) is 0 Å². The minimum absolute atomic E-state index is 0.138. The number of carbonyl (C=O) groups is 2. The first kappa shape index (κ1) is 17.6. The Labute approximate surface area is 133 Å². The van der Waals surface area contributed by atoms with Crippen molar-refractivity contribution in [2.75, 3.05) is 33.9 Å². The molecule has 0 aliphatic heterocycles. The van der Waals surface area contributed by atoms with Gasteiger partial charge in [-0.25, -0.2) is 4.79 Å². The van der Waals surface area contributed by atoms with Gasteiger partial charge in [-0.15, -0.1) is 0 Å². The fraction of sp³-hybridized carbons (Fsp3) is 0.429. The zero-order chi connectivity index (χ0) is 15.7. The van der Waals surface area contributed by atoms with Crippen LogP contribution in [0.15, 0.2) is 28.7 Å². The van der Waals surface area contributed by atoms with Gasteiger partial charge in [-0.3, -0.25) is 15.0 Å². The van der Waals surface area contributed by atoms with E-state index in [-0.39, 0.29) is 12.5 Å². The smallest absolute Gasteiger partial charge is 0.321 e. The molecular weight excluding hydrogens is 338 g/mol. The molecule has 0 fully saturated rings. The number of nitrogens with one attached hydrogen (secondary N) is 2. The van der Waals surface area contributed by atoms with Crippen LogP contribution in [0.25, 0.3) is 0 Å².